The molecule has 3 rings (SSSR count). The second-order valence-electron chi connectivity index (χ2n) is 8.86. The number of aromatic nitrogens is 2. The van der Waals surface area contributed by atoms with Crippen LogP contribution in [-0.2, 0) is 12.7 Å². The fourth-order valence-corrected chi connectivity index (χ4v) is 4.27. The first-order chi connectivity index (χ1) is 16.7. The average molecular weight is 532 g/mol. The number of hydrogen-bond acceptors (Lipinski definition) is 6. The van der Waals surface area contributed by atoms with Crippen molar-refractivity contribution in [1.29, 1.82) is 0 Å². The van der Waals surface area contributed by atoms with Gasteiger partial charge >= 0.3 is 23.4 Å². The van der Waals surface area contributed by atoms with Gasteiger partial charge in [0.15, 0.2) is 0 Å². The van der Waals surface area contributed by atoms with Gasteiger partial charge in [-0.1, -0.05) is 24.3 Å². The molecule has 10 nitrogen and oxygen atoms in total. The van der Waals surface area contributed by atoms with Crippen LogP contribution in [0.25, 0.3) is 6.08 Å². The molecule has 2 N–H and O–H groups in total. The van der Waals surface area contributed by atoms with E-state index in [1.165, 1.54) is 28.5 Å². The highest BCUT2D eigenvalue weighted by Crippen LogP contribution is 2.29. The minimum atomic E-state index is -4.42. The van der Waals surface area contributed by atoms with Gasteiger partial charge in [-0.15, -0.1) is 0 Å². The van der Waals surface area contributed by atoms with Gasteiger partial charge in [0, 0.05) is 32.2 Å². The van der Waals surface area contributed by atoms with Gasteiger partial charge in [0.05, 0.1) is 17.7 Å². The molecule has 0 aliphatic carbocycles. The summed E-state index contributed by atoms with van der Waals surface area (Å²) in [5.41, 5.74) is -1.58. The van der Waals surface area contributed by atoms with E-state index in [1.54, 1.807) is 12.2 Å². The van der Waals surface area contributed by atoms with Crippen LogP contribution in [0.15, 0.2) is 36.5 Å². The summed E-state index contributed by atoms with van der Waals surface area (Å²) in [7, 11) is 0. The molecule has 2 aromatic rings. The number of piperazine rings is 1. The molecule has 1 aliphatic heterocycles. The van der Waals surface area contributed by atoms with Crippen molar-refractivity contribution in [2.24, 2.45) is 0 Å². The molecule has 2 heterocycles. The van der Waals surface area contributed by atoms with E-state index in [1.807, 2.05) is 4.90 Å². The third-order valence-electron chi connectivity index (χ3n) is 5.79. The zero-order valence-electron chi connectivity index (χ0n) is 19.2. The average Bonchev–Trinajstić information content (AvgIpc) is 3.14. The molecule has 1 amide bonds. The Kier molecular flexibility index (Phi) is 8.26. The summed E-state index contributed by atoms with van der Waals surface area (Å²) in [6.45, 7) is 2.29. The Morgan fingerprint density at radius 1 is 1.28 bits per heavy atom. The van der Waals surface area contributed by atoms with Crippen molar-refractivity contribution in [1.82, 2.24) is 19.4 Å². The Bertz CT molecular complexity index is 1120. The number of β-amino-alcohol motifs (C(OH)–C–C–N with tert-alkyl or cyclic N) is 1. The Labute approximate surface area is 209 Å². The van der Waals surface area contributed by atoms with E-state index in [9.17, 15) is 38.3 Å². The van der Waals surface area contributed by atoms with Gasteiger partial charge in [-0.3, -0.25) is 9.47 Å². The lowest BCUT2D eigenvalue weighted by molar-refractivity contribution is -0.389. The topological polar surface area (TPSA) is 125 Å². The third kappa shape index (κ3) is 7.18. The lowest BCUT2D eigenvalue weighted by Crippen LogP contribution is -2.58. The highest BCUT2D eigenvalue weighted by atomic mass is 35.5. The number of alkyl halides is 3. The van der Waals surface area contributed by atoms with Gasteiger partial charge in [0.25, 0.3) is 0 Å². The highest BCUT2D eigenvalue weighted by Gasteiger charge is 2.35. The Hall–Kier alpha value is -3.16. The minimum Gasteiger partial charge on any atom is -0.465 e. The maximum Gasteiger partial charge on any atom is 0.416 e. The lowest BCUT2D eigenvalue weighted by Gasteiger charge is -2.43. The minimum absolute atomic E-state index is 0.0834. The summed E-state index contributed by atoms with van der Waals surface area (Å²) < 4.78 is 39.5. The van der Waals surface area contributed by atoms with Crippen LogP contribution < -0.4 is 0 Å². The van der Waals surface area contributed by atoms with Crippen molar-refractivity contribution in [3.8, 4) is 0 Å². The van der Waals surface area contributed by atoms with E-state index in [0.29, 0.717) is 18.5 Å². The molecule has 196 valence electrons. The molecule has 0 radical (unpaired) electrons. The number of nitrogens with zero attached hydrogens (tertiary/aromatic N) is 5. The van der Waals surface area contributed by atoms with Crippen molar-refractivity contribution < 1.29 is 33.1 Å². The number of nitro groups is 1. The summed E-state index contributed by atoms with van der Waals surface area (Å²) in [6.07, 6.45) is -0.595. The van der Waals surface area contributed by atoms with Crippen LogP contribution in [0.5, 0.6) is 0 Å². The standard InChI is InChI=1S/C22H25ClF3N5O5/c1-21(34,14-30-12-18(31(35)36)27-19(30)23)13-29-10-9-28(20(32)33)11-17(29)4-2-3-15-5-7-16(8-6-15)22(24,25)26/h2-3,5-8,12,17,34H,4,9-11,13-14H2,1H3,(H,32,33)/t17?,21-/m0/s1. The third-order valence-corrected chi connectivity index (χ3v) is 6.09. The van der Waals surface area contributed by atoms with E-state index >= 15 is 0 Å². The quantitative estimate of drug-likeness (QED) is 0.390. The SMILES string of the molecule is C[C@](O)(CN1CCN(C(=O)O)CC1CC=Cc1ccc(C(F)(F)F)cc1)Cn1cc([N+](=O)[O-])nc1Cl. The largest absolute Gasteiger partial charge is 0.465 e. The molecule has 2 atom stereocenters. The summed E-state index contributed by atoms with van der Waals surface area (Å²) in [6, 6.07) is 4.35. The number of imidazole rings is 1. The number of carbonyl (C=O) groups is 1. The molecular weight excluding hydrogens is 507 g/mol. The highest BCUT2D eigenvalue weighted by molar-refractivity contribution is 6.28. The van der Waals surface area contributed by atoms with E-state index in [4.69, 9.17) is 11.6 Å². The molecule has 36 heavy (non-hydrogen) atoms. The molecule has 1 saturated heterocycles. The first kappa shape index (κ1) is 27.4. The monoisotopic (exact) mass is 531 g/mol. The molecule has 14 heteroatoms. The van der Waals surface area contributed by atoms with Crippen LogP contribution in [0.3, 0.4) is 0 Å². The van der Waals surface area contributed by atoms with Gasteiger partial charge in [-0.2, -0.15) is 13.2 Å². The zero-order valence-corrected chi connectivity index (χ0v) is 20.0. The normalized spacial score (nSPS) is 18.9. The van der Waals surface area contributed by atoms with E-state index in [0.717, 1.165) is 18.3 Å². The lowest BCUT2D eigenvalue weighted by atomic mass is 10.0. The Morgan fingerprint density at radius 2 is 1.94 bits per heavy atom. The summed E-state index contributed by atoms with van der Waals surface area (Å²) in [5, 5.41) is 31.2. The maximum atomic E-state index is 12.8. The first-order valence-corrected chi connectivity index (χ1v) is 11.3. The van der Waals surface area contributed by atoms with Crippen molar-refractivity contribution >= 4 is 29.6 Å². The number of amides is 1. The van der Waals surface area contributed by atoms with Crippen LogP contribution >= 0.6 is 11.6 Å². The van der Waals surface area contributed by atoms with Gasteiger partial charge in [-0.05, 0) is 52.5 Å². The van der Waals surface area contributed by atoms with Crippen LogP contribution in [0.2, 0.25) is 5.28 Å². The summed E-state index contributed by atoms with van der Waals surface area (Å²) in [4.78, 5) is 28.6. The van der Waals surface area contributed by atoms with Crippen LogP contribution in [-0.4, -0.2) is 78.4 Å². The number of benzene rings is 1. The van der Waals surface area contributed by atoms with Crippen LogP contribution in [0, 0.1) is 10.1 Å². The van der Waals surface area contributed by atoms with Crippen molar-refractivity contribution in [3.63, 3.8) is 0 Å². The molecule has 1 unspecified atom stereocenters. The summed E-state index contributed by atoms with van der Waals surface area (Å²) >= 11 is 5.96. The van der Waals surface area contributed by atoms with Crippen molar-refractivity contribution in [3.05, 3.63) is 63.1 Å². The molecule has 0 bridgehead atoms. The van der Waals surface area contributed by atoms with Gasteiger partial charge < -0.3 is 25.2 Å². The maximum absolute atomic E-state index is 12.8. The van der Waals surface area contributed by atoms with E-state index in [2.05, 4.69) is 4.98 Å². The van der Waals surface area contributed by atoms with Crippen LogP contribution in [0.1, 0.15) is 24.5 Å². The van der Waals surface area contributed by atoms with Gasteiger partial charge in [0.1, 0.15) is 6.20 Å². The Morgan fingerprint density at radius 3 is 2.50 bits per heavy atom. The number of rotatable bonds is 8. The van der Waals surface area contributed by atoms with Crippen molar-refractivity contribution in [2.75, 3.05) is 26.2 Å². The number of carboxylic acid groups (broad SMARTS) is 1. The molecule has 0 saturated carbocycles. The van der Waals surface area contributed by atoms with E-state index < -0.39 is 34.2 Å². The number of hydrogen-bond donors (Lipinski definition) is 2. The fraction of sp³-hybridized carbons (Fsp3) is 0.455. The molecule has 1 aliphatic rings. The van der Waals surface area contributed by atoms with Crippen molar-refractivity contribution in [2.45, 2.75) is 37.7 Å². The molecule has 1 fully saturated rings. The fourth-order valence-electron chi connectivity index (χ4n) is 4.08. The van der Waals surface area contributed by atoms with E-state index in [-0.39, 0.29) is 37.5 Å². The first-order valence-electron chi connectivity index (χ1n) is 10.9. The second-order valence-corrected chi connectivity index (χ2v) is 9.20. The Balaban J connectivity index is 1.70. The predicted molar refractivity (Wildman–Crippen MR) is 125 cm³/mol. The zero-order chi connectivity index (χ0) is 26.7. The second kappa shape index (κ2) is 10.8. The number of aliphatic hydroxyl groups is 1. The molecule has 1 aromatic heterocycles. The van der Waals surface area contributed by atoms with Gasteiger partial charge in [0.2, 0.25) is 0 Å². The van der Waals surface area contributed by atoms with Crippen LogP contribution in [0.4, 0.5) is 23.8 Å². The molecular formula is C22H25ClF3N5O5. The molecule has 1 aromatic carbocycles. The molecule has 0 spiro atoms. The summed E-state index contributed by atoms with van der Waals surface area (Å²) in [5.74, 6) is -0.447. The predicted octanol–water partition coefficient (Wildman–Crippen LogP) is 3.98. The smallest absolute Gasteiger partial charge is 0.416 e. The number of halogens is 4. The van der Waals surface area contributed by atoms with Gasteiger partial charge in [-0.25, -0.2) is 4.79 Å².